The molecule has 0 aromatic heterocycles. The fourth-order valence-corrected chi connectivity index (χ4v) is 6.18. The molecule has 0 aliphatic rings. The molecule has 0 saturated heterocycles. The summed E-state index contributed by atoms with van der Waals surface area (Å²) in [4.78, 5) is 51.5. The van der Waals surface area contributed by atoms with Gasteiger partial charge >= 0.3 is 23.9 Å². The van der Waals surface area contributed by atoms with E-state index >= 15 is 0 Å². The monoisotopic (exact) mass is 910 g/mol. The second-order valence-corrected chi connectivity index (χ2v) is 15.5. The molecule has 0 spiro atoms. The number of rotatable bonds is 27. The minimum absolute atomic E-state index is 0.102. The van der Waals surface area contributed by atoms with Crippen LogP contribution in [0.15, 0.2) is 148 Å². The van der Waals surface area contributed by atoms with Crippen LogP contribution in [0.1, 0.15) is 116 Å². The van der Waals surface area contributed by atoms with E-state index in [0.717, 1.165) is 37.2 Å². The van der Waals surface area contributed by atoms with E-state index in [-0.39, 0.29) is 47.0 Å². The van der Waals surface area contributed by atoms with Crippen LogP contribution >= 0.6 is 0 Å². The number of hydrogen-bond acceptors (Lipinski definition) is 14. The summed E-state index contributed by atoms with van der Waals surface area (Å²) >= 11 is 0. The van der Waals surface area contributed by atoms with E-state index in [1.807, 2.05) is 48.5 Å². The number of carbonyl (C=O) groups excluding carboxylic acids is 4. The minimum atomic E-state index is -0.856. The van der Waals surface area contributed by atoms with Crippen LogP contribution < -0.4 is 18.9 Å². The molecule has 0 heterocycles. The van der Waals surface area contributed by atoms with Gasteiger partial charge in [-0.2, -0.15) is 20.5 Å². The Morgan fingerprint density at radius 1 is 0.418 bits per heavy atom. The third-order valence-electron chi connectivity index (χ3n) is 9.91. The minimum Gasteiger partial charge on any atom is -0.494 e. The zero-order chi connectivity index (χ0) is 47.6. The number of carbonyl (C=O) groups is 4. The van der Waals surface area contributed by atoms with Gasteiger partial charge in [-0.1, -0.05) is 71.8 Å². The molecule has 0 amide bonds. The van der Waals surface area contributed by atoms with Crippen molar-refractivity contribution in [2.24, 2.45) is 20.5 Å². The van der Waals surface area contributed by atoms with Crippen molar-refractivity contribution in [1.82, 2.24) is 0 Å². The van der Waals surface area contributed by atoms with Crippen molar-refractivity contribution in [2.45, 2.75) is 85.0 Å². The number of esters is 4. The van der Waals surface area contributed by atoms with Gasteiger partial charge in [0.15, 0.2) is 0 Å². The standard InChI is InChI=1S/C53H58N4O10/c1-5-7-9-11-13-31-62-46-27-23-44(24-28-46)56-54-42-19-15-39(16-20-42)52(60)66-48-35-41(51(59)65-34-33-64-50(58)38(3)4)36-49(37-48)67-53(61)40-17-21-43(22-18-40)55-57-45-25-29-47(30-26-45)63-32-14-12-10-8-6-2/h15-30,35-37H,3,5-14,31-34H2,1-2,4H3. The summed E-state index contributed by atoms with van der Waals surface area (Å²) in [5.41, 5.74) is 2.69. The molecule has 14 heteroatoms. The molecule has 0 atom stereocenters. The Labute approximate surface area is 392 Å². The summed E-state index contributed by atoms with van der Waals surface area (Å²) in [6, 6.07) is 31.0. The number of unbranched alkanes of at least 4 members (excludes halogenated alkanes) is 8. The summed E-state index contributed by atoms with van der Waals surface area (Å²) in [5.74, 6) is -1.70. The van der Waals surface area contributed by atoms with Gasteiger partial charge in [0.2, 0.25) is 0 Å². The zero-order valence-electron chi connectivity index (χ0n) is 38.4. The van der Waals surface area contributed by atoms with Gasteiger partial charge in [0, 0.05) is 11.6 Å². The molecule has 0 saturated carbocycles. The van der Waals surface area contributed by atoms with Crippen molar-refractivity contribution in [2.75, 3.05) is 26.4 Å². The Hall–Kier alpha value is -7.48. The van der Waals surface area contributed by atoms with E-state index in [4.69, 9.17) is 28.4 Å². The third kappa shape index (κ3) is 18.1. The molecule has 0 aliphatic heterocycles. The zero-order valence-corrected chi connectivity index (χ0v) is 38.4. The van der Waals surface area contributed by atoms with Gasteiger partial charge in [-0.15, -0.1) is 0 Å². The van der Waals surface area contributed by atoms with Crippen LogP contribution in [0.25, 0.3) is 0 Å². The predicted molar refractivity (Wildman–Crippen MR) is 255 cm³/mol. The van der Waals surface area contributed by atoms with Crippen molar-refractivity contribution in [3.63, 3.8) is 0 Å². The average Bonchev–Trinajstić information content (AvgIpc) is 3.34. The second-order valence-electron chi connectivity index (χ2n) is 15.5. The maximum atomic E-state index is 13.3. The van der Waals surface area contributed by atoms with Crippen molar-refractivity contribution >= 4 is 46.6 Å². The largest absolute Gasteiger partial charge is 0.494 e. The molecule has 5 rings (SSSR count). The van der Waals surface area contributed by atoms with E-state index in [0.29, 0.717) is 36.0 Å². The van der Waals surface area contributed by atoms with E-state index in [2.05, 4.69) is 40.9 Å². The molecule has 0 N–H and O–H groups in total. The summed E-state index contributed by atoms with van der Waals surface area (Å²) in [6.45, 7) is 10.2. The first-order chi connectivity index (χ1) is 32.6. The van der Waals surface area contributed by atoms with Crippen LogP contribution in [0, 0.1) is 0 Å². The van der Waals surface area contributed by atoms with Crippen LogP contribution in [-0.4, -0.2) is 50.3 Å². The van der Waals surface area contributed by atoms with Gasteiger partial charge in [-0.25, -0.2) is 19.2 Å². The molecule has 67 heavy (non-hydrogen) atoms. The highest BCUT2D eigenvalue weighted by atomic mass is 16.6. The molecular weight excluding hydrogens is 853 g/mol. The number of hydrogen-bond donors (Lipinski definition) is 0. The Balaban J connectivity index is 1.20. The van der Waals surface area contributed by atoms with E-state index in [9.17, 15) is 19.2 Å². The summed E-state index contributed by atoms with van der Waals surface area (Å²) < 4.78 is 33.2. The van der Waals surface area contributed by atoms with Gasteiger partial charge in [-0.3, -0.25) is 0 Å². The lowest BCUT2D eigenvalue weighted by atomic mass is 10.2. The molecule has 0 fully saturated rings. The molecule has 5 aromatic rings. The fraction of sp³-hybridized carbons (Fsp3) is 0.321. The predicted octanol–water partition coefficient (Wildman–Crippen LogP) is 13.9. The highest BCUT2D eigenvalue weighted by molar-refractivity contribution is 5.95. The molecular formula is C53H58N4O10. The van der Waals surface area contributed by atoms with Crippen molar-refractivity contribution in [3.8, 4) is 23.0 Å². The lowest BCUT2D eigenvalue weighted by Gasteiger charge is -2.11. The SMILES string of the molecule is C=C(C)C(=O)OCCOC(=O)c1cc(OC(=O)c2ccc(N=Nc3ccc(OCCCCCCC)cc3)cc2)cc(OC(=O)c2ccc(N=Nc3ccc(OCCCCCCC)cc3)cc2)c1. The van der Waals surface area contributed by atoms with Crippen LogP contribution in [0.2, 0.25) is 0 Å². The number of azo groups is 2. The highest BCUT2D eigenvalue weighted by Crippen LogP contribution is 2.28. The first-order valence-corrected chi connectivity index (χ1v) is 22.7. The number of benzene rings is 5. The van der Waals surface area contributed by atoms with Crippen molar-refractivity contribution < 1.29 is 47.6 Å². The average molecular weight is 911 g/mol. The lowest BCUT2D eigenvalue weighted by Crippen LogP contribution is -2.15. The van der Waals surface area contributed by atoms with Crippen LogP contribution in [0.4, 0.5) is 22.7 Å². The molecule has 0 aliphatic carbocycles. The Bertz CT molecular complexity index is 2290. The van der Waals surface area contributed by atoms with Crippen LogP contribution in [0.5, 0.6) is 23.0 Å². The molecule has 350 valence electrons. The highest BCUT2D eigenvalue weighted by Gasteiger charge is 2.18. The summed E-state index contributed by atoms with van der Waals surface area (Å²) in [7, 11) is 0. The second kappa shape index (κ2) is 27.8. The van der Waals surface area contributed by atoms with Crippen molar-refractivity contribution in [1.29, 1.82) is 0 Å². The summed E-state index contributed by atoms with van der Waals surface area (Å²) in [5, 5.41) is 17.1. The van der Waals surface area contributed by atoms with E-state index in [1.165, 1.54) is 87.9 Å². The fourth-order valence-electron chi connectivity index (χ4n) is 6.18. The van der Waals surface area contributed by atoms with Crippen molar-refractivity contribution in [3.05, 3.63) is 144 Å². The first kappa shape index (κ1) is 50.5. The topological polar surface area (TPSA) is 173 Å². The van der Waals surface area contributed by atoms with Crippen LogP contribution in [-0.2, 0) is 14.3 Å². The maximum absolute atomic E-state index is 13.3. The number of ether oxygens (including phenoxy) is 6. The molecule has 5 aromatic carbocycles. The van der Waals surface area contributed by atoms with Gasteiger partial charge in [0.25, 0.3) is 0 Å². The molecule has 14 nitrogen and oxygen atoms in total. The van der Waals surface area contributed by atoms with Gasteiger partial charge in [0.05, 0.1) is 52.7 Å². The molecule has 0 unspecified atom stereocenters. The number of nitrogens with zero attached hydrogens (tertiary/aromatic N) is 4. The summed E-state index contributed by atoms with van der Waals surface area (Å²) in [6.07, 6.45) is 11.6. The maximum Gasteiger partial charge on any atom is 0.343 e. The van der Waals surface area contributed by atoms with Crippen LogP contribution in [0.3, 0.4) is 0 Å². The van der Waals surface area contributed by atoms with E-state index < -0.39 is 23.9 Å². The molecule has 0 radical (unpaired) electrons. The lowest BCUT2D eigenvalue weighted by molar-refractivity contribution is -0.140. The molecule has 0 bridgehead atoms. The smallest absolute Gasteiger partial charge is 0.343 e. The van der Waals surface area contributed by atoms with Gasteiger partial charge in [-0.05, 0) is 129 Å². The third-order valence-corrected chi connectivity index (χ3v) is 9.91. The quantitative estimate of drug-likeness (QED) is 0.0162. The van der Waals surface area contributed by atoms with Gasteiger partial charge in [0.1, 0.15) is 36.2 Å². The van der Waals surface area contributed by atoms with Gasteiger partial charge < -0.3 is 28.4 Å². The normalized spacial score (nSPS) is 11.0. The Kier molecular flexibility index (Phi) is 20.9. The first-order valence-electron chi connectivity index (χ1n) is 22.7. The Morgan fingerprint density at radius 3 is 1.18 bits per heavy atom. The van der Waals surface area contributed by atoms with E-state index in [1.54, 1.807) is 24.3 Å². The Morgan fingerprint density at radius 2 is 0.791 bits per heavy atom.